The number of anilines is 1. The predicted octanol–water partition coefficient (Wildman–Crippen LogP) is 2.45. The average Bonchev–Trinajstić information content (AvgIpc) is 2.65. The van der Waals surface area contributed by atoms with E-state index in [0.29, 0.717) is 11.3 Å². The van der Waals surface area contributed by atoms with Crippen molar-refractivity contribution < 1.29 is 9.59 Å². The van der Waals surface area contributed by atoms with Gasteiger partial charge in [-0.05, 0) is 23.3 Å². The van der Waals surface area contributed by atoms with Gasteiger partial charge >= 0.3 is 0 Å². The van der Waals surface area contributed by atoms with Gasteiger partial charge in [-0.25, -0.2) is 0 Å². The number of para-hydroxylation sites is 1. The van der Waals surface area contributed by atoms with Crippen LogP contribution >= 0.6 is 0 Å². The van der Waals surface area contributed by atoms with E-state index in [-0.39, 0.29) is 18.4 Å². The molecule has 22 heavy (non-hydrogen) atoms. The lowest BCUT2D eigenvalue weighted by atomic mass is 9.96. The maximum Gasteiger partial charge on any atom is 0.259 e. The number of carbonyl (C=O) groups is 2. The van der Waals surface area contributed by atoms with Crippen LogP contribution in [0.1, 0.15) is 21.5 Å². The van der Waals surface area contributed by atoms with Crippen molar-refractivity contribution in [3.05, 3.63) is 71.8 Å². The van der Waals surface area contributed by atoms with Crippen molar-refractivity contribution in [1.29, 1.82) is 0 Å². The fourth-order valence-electron chi connectivity index (χ4n) is 2.68. The van der Waals surface area contributed by atoms with Gasteiger partial charge in [-0.1, -0.05) is 43.0 Å². The average molecular weight is 292 g/mol. The number of nitrogens with one attached hydrogen (secondary N) is 1. The summed E-state index contributed by atoms with van der Waals surface area (Å²) in [7, 11) is 1.56. The number of carbonyl (C=O) groups excluding carboxylic acids is 2. The minimum atomic E-state index is -0.215. The topological polar surface area (TPSA) is 49.4 Å². The van der Waals surface area contributed by atoms with E-state index < -0.39 is 0 Å². The molecule has 2 aromatic carbocycles. The number of amides is 2. The van der Waals surface area contributed by atoms with Gasteiger partial charge in [0.15, 0.2) is 0 Å². The largest absolute Gasteiger partial charge is 0.358 e. The molecule has 1 heterocycles. The zero-order valence-corrected chi connectivity index (χ0v) is 12.3. The Hall–Kier alpha value is -2.88. The summed E-state index contributed by atoms with van der Waals surface area (Å²) in [5, 5.41) is 2.56. The van der Waals surface area contributed by atoms with Crippen LogP contribution in [0.25, 0.3) is 5.57 Å². The van der Waals surface area contributed by atoms with E-state index in [1.54, 1.807) is 13.1 Å². The van der Waals surface area contributed by atoms with Crippen LogP contribution in [0.15, 0.2) is 55.1 Å². The Kier molecular flexibility index (Phi) is 3.51. The van der Waals surface area contributed by atoms with Crippen LogP contribution in [0.5, 0.6) is 0 Å². The highest BCUT2D eigenvalue weighted by molar-refractivity contribution is 6.15. The molecule has 0 saturated heterocycles. The monoisotopic (exact) mass is 292 g/mol. The zero-order chi connectivity index (χ0) is 15.7. The van der Waals surface area contributed by atoms with Crippen LogP contribution in [0, 0.1) is 0 Å². The van der Waals surface area contributed by atoms with E-state index in [9.17, 15) is 9.59 Å². The molecule has 4 heteroatoms. The van der Waals surface area contributed by atoms with Crippen molar-refractivity contribution in [1.82, 2.24) is 5.32 Å². The molecule has 1 aliphatic heterocycles. The first-order valence-electron chi connectivity index (χ1n) is 7.03. The maximum atomic E-state index is 12.9. The highest BCUT2D eigenvalue weighted by atomic mass is 16.2. The molecule has 110 valence electrons. The van der Waals surface area contributed by atoms with Crippen molar-refractivity contribution in [2.24, 2.45) is 0 Å². The van der Waals surface area contributed by atoms with Gasteiger partial charge in [0.25, 0.3) is 5.91 Å². The second-order valence-electron chi connectivity index (χ2n) is 5.11. The van der Waals surface area contributed by atoms with Crippen LogP contribution in [0.4, 0.5) is 5.69 Å². The second-order valence-corrected chi connectivity index (χ2v) is 5.11. The van der Waals surface area contributed by atoms with E-state index in [2.05, 4.69) is 11.9 Å². The molecule has 2 aromatic rings. The van der Waals surface area contributed by atoms with Crippen LogP contribution in [-0.4, -0.2) is 25.4 Å². The Labute approximate surface area is 129 Å². The Morgan fingerprint density at radius 2 is 1.64 bits per heavy atom. The van der Waals surface area contributed by atoms with Gasteiger partial charge in [0.05, 0.1) is 5.69 Å². The van der Waals surface area contributed by atoms with Gasteiger partial charge < -0.3 is 5.32 Å². The second kappa shape index (κ2) is 5.48. The highest BCUT2D eigenvalue weighted by Crippen LogP contribution is 2.36. The molecule has 1 N–H and O–H groups in total. The molecule has 0 aromatic heterocycles. The lowest BCUT2D eigenvalue weighted by Gasteiger charge is -2.22. The summed E-state index contributed by atoms with van der Waals surface area (Å²) in [6.07, 6.45) is 0. The standard InChI is InChI=1S/C18H16N2O2/c1-12-13-7-3-4-9-15(13)18(22)20(11-17(21)19-2)16-10-6-5-8-14(12)16/h3-10H,1,11H2,2H3,(H,19,21). The first-order chi connectivity index (χ1) is 10.6. The lowest BCUT2D eigenvalue weighted by molar-refractivity contribution is -0.119. The number of likely N-dealkylation sites (N-methyl/N-ethyl adjacent to an activating group) is 1. The normalized spacial score (nSPS) is 13.2. The van der Waals surface area contributed by atoms with Crippen molar-refractivity contribution in [2.75, 3.05) is 18.5 Å². The summed E-state index contributed by atoms with van der Waals surface area (Å²) in [5.74, 6) is -0.404. The lowest BCUT2D eigenvalue weighted by Crippen LogP contribution is -2.39. The number of hydrogen-bond donors (Lipinski definition) is 1. The van der Waals surface area contributed by atoms with Gasteiger partial charge in [-0.15, -0.1) is 0 Å². The number of rotatable bonds is 2. The summed E-state index contributed by atoms with van der Waals surface area (Å²) in [5.41, 5.74) is 3.73. The molecule has 0 saturated carbocycles. The molecule has 0 unspecified atom stereocenters. The zero-order valence-electron chi connectivity index (χ0n) is 12.3. The van der Waals surface area contributed by atoms with Crippen molar-refractivity contribution in [3.8, 4) is 0 Å². The molecule has 2 amide bonds. The SMILES string of the molecule is C=C1c2ccccc2C(=O)N(CC(=O)NC)c2ccccc21. The van der Waals surface area contributed by atoms with Crippen molar-refractivity contribution in [3.63, 3.8) is 0 Å². The molecule has 1 aliphatic rings. The Bertz CT molecular complexity index is 780. The molecule has 0 bridgehead atoms. The summed E-state index contributed by atoms with van der Waals surface area (Å²) >= 11 is 0. The summed E-state index contributed by atoms with van der Waals surface area (Å²) in [6, 6.07) is 14.9. The highest BCUT2D eigenvalue weighted by Gasteiger charge is 2.29. The smallest absolute Gasteiger partial charge is 0.259 e. The first kappa shape index (κ1) is 14.1. The van der Waals surface area contributed by atoms with Crippen molar-refractivity contribution >= 4 is 23.1 Å². The Morgan fingerprint density at radius 3 is 2.32 bits per heavy atom. The third-order valence-corrected chi connectivity index (χ3v) is 3.83. The van der Waals surface area contributed by atoms with E-state index in [1.807, 2.05) is 42.5 Å². The van der Waals surface area contributed by atoms with E-state index >= 15 is 0 Å². The Balaban J connectivity index is 2.22. The molecule has 0 fully saturated rings. The molecular formula is C18H16N2O2. The summed E-state index contributed by atoms with van der Waals surface area (Å²) in [6.45, 7) is 4.13. The fraction of sp³-hybridized carbons (Fsp3) is 0.111. The predicted molar refractivity (Wildman–Crippen MR) is 86.8 cm³/mol. The third-order valence-electron chi connectivity index (χ3n) is 3.83. The van der Waals surface area contributed by atoms with Crippen LogP contribution in [-0.2, 0) is 4.79 Å². The van der Waals surface area contributed by atoms with Crippen LogP contribution in [0.3, 0.4) is 0 Å². The van der Waals surface area contributed by atoms with Crippen LogP contribution < -0.4 is 10.2 Å². The third kappa shape index (κ3) is 2.19. The van der Waals surface area contributed by atoms with Gasteiger partial charge in [-0.3, -0.25) is 14.5 Å². The maximum absolute atomic E-state index is 12.9. The van der Waals surface area contributed by atoms with Gasteiger partial charge in [-0.2, -0.15) is 0 Å². The number of nitrogens with zero attached hydrogens (tertiary/aromatic N) is 1. The van der Waals surface area contributed by atoms with E-state index in [1.165, 1.54) is 4.90 Å². The molecule has 0 spiro atoms. The van der Waals surface area contributed by atoms with Gasteiger partial charge in [0, 0.05) is 18.2 Å². The van der Waals surface area contributed by atoms with E-state index in [0.717, 1.165) is 16.7 Å². The summed E-state index contributed by atoms with van der Waals surface area (Å²) in [4.78, 5) is 26.2. The van der Waals surface area contributed by atoms with E-state index in [4.69, 9.17) is 0 Å². The number of benzene rings is 2. The Morgan fingerprint density at radius 1 is 1.05 bits per heavy atom. The molecular weight excluding hydrogens is 276 g/mol. The number of hydrogen-bond acceptors (Lipinski definition) is 2. The molecule has 0 aliphatic carbocycles. The fourth-order valence-corrected chi connectivity index (χ4v) is 2.68. The molecule has 0 radical (unpaired) electrons. The first-order valence-corrected chi connectivity index (χ1v) is 7.03. The van der Waals surface area contributed by atoms with Gasteiger partial charge in [0.1, 0.15) is 6.54 Å². The minimum Gasteiger partial charge on any atom is -0.358 e. The van der Waals surface area contributed by atoms with Crippen molar-refractivity contribution in [2.45, 2.75) is 0 Å². The van der Waals surface area contributed by atoms with Gasteiger partial charge in [0.2, 0.25) is 5.91 Å². The summed E-state index contributed by atoms with van der Waals surface area (Å²) < 4.78 is 0. The quantitative estimate of drug-likeness (QED) is 0.924. The number of fused-ring (bicyclic) bond motifs is 2. The van der Waals surface area contributed by atoms with Crippen LogP contribution in [0.2, 0.25) is 0 Å². The molecule has 4 nitrogen and oxygen atoms in total. The minimum absolute atomic E-state index is 0.0199. The molecule has 0 atom stereocenters. The molecule has 3 rings (SSSR count).